The molecule has 0 aliphatic carbocycles. The zero-order valence-corrected chi connectivity index (χ0v) is 11.0. The standard InChI is InChI=1S/C13H19NO6/c1-7-2-4-8(5-3-7)14-13(20)12(19)11(18)10(17)9(16)6-15/h2-5,9-12,15-19H,6H2,1H3,(H,14,20)/t9-,10-,11+,12+/m0/s1. The SMILES string of the molecule is Cc1ccc(NC(=O)[C@H](O)[C@H](O)[C@@H](O)[C@@H](O)CO)cc1. The number of aryl methyl sites for hydroxylation is 1. The van der Waals surface area contributed by atoms with Crippen molar-refractivity contribution in [2.45, 2.75) is 31.3 Å². The molecule has 0 radical (unpaired) electrons. The molecular weight excluding hydrogens is 266 g/mol. The summed E-state index contributed by atoms with van der Waals surface area (Å²) >= 11 is 0. The monoisotopic (exact) mass is 285 g/mol. The van der Waals surface area contributed by atoms with E-state index in [1.807, 2.05) is 6.92 Å². The predicted octanol–water partition coefficient (Wildman–Crippen LogP) is -1.63. The van der Waals surface area contributed by atoms with E-state index in [2.05, 4.69) is 5.32 Å². The van der Waals surface area contributed by atoms with Gasteiger partial charge < -0.3 is 30.8 Å². The molecule has 1 aromatic rings. The first-order valence-corrected chi connectivity index (χ1v) is 6.07. The molecule has 6 N–H and O–H groups in total. The van der Waals surface area contributed by atoms with E-state index in [1.54, 1.807) is 24.3 Å². The van der Waals surface area contributed by atoms with Crippen molar-refractivity contribution in [2.24, 2.45) is 0 Å². The summed E-state index contributed by atoms with van der Waals surface area (Å²) in [5, 5.41) is 48.7. The second-order valence-electron chi connectivity index (χ2n) is 4.53. The quantitative estimate of drug-likeness (QED) is 0.372. The van der Waals surface area contributed by atoms with Gasteiger partial charge in [0.1, 0.15) is 18.3 Å². The molecule has 0 saturated carbocycles. The van der Waals surface area contributed by atoms with Gasteiger partial charge in [-0.15, -0.1) is 0 Å². The van der Waals surface area contributed by atoms with Crippen molar-refractivity contribution in [3.63, 3.8) is 0 Å². The van der Waals surface area contributed by atoms with Gasteiger partial charge in [-0.1, -0.05) is 17.7 Å². The minimum atomic E-state index is -1.94. The summed E-state index contributed by atoms with van der Waals surface area (Å²) in [7, 11) is 0. The maximum absolute atomic E-state index is 11.7. The van der Waals surface area contributed by atoms with Crippen molar-refractivity contribution >= 4 is 11.6 Å². The minimum absolute atomic E-state index is 0.420. The van der Waals surface area contributed by atoms with Crippen LogP contribution in [0.4, 0.5) is 5.69 Å². The molecule has 7 nitrogen and oxygen atoms in total. The van der Waals surface area contributed by atoms with Crippen molar-refractivity contribution in [1.82, 2.24) is 0 Å². The second kappa shape index (κ2) is 7.32. The zero-order valence-electron chi connectivity index (χ0n) is 11.0. The van der Waals surface area contributed by atoms with Crippen LogP contribution in [0.1, 0.15) is 5.56 Å². The van der Waals surface area contributed by atoms with E-state index in [4.69, 9.17) is 10.2 Å². The van der Waals surface area contributed by atoms with Gasteiger partial charge >= 0.3 is 0 Å². The number of aliphatic hydroxyl groups is 5. The Bertz CT molecular complexity index is 435. The topological polar surface area (TPSA) is 130 Å². The fourth-order valence-electron chi connectivity index (χ4n) is 1.53. The van der Waals surface area contributed by atoms with E-state index in [9.17, 15) is 20.1 Å². The second-order valence-corrected chi connectivity index (χ2v) is 4.53. The van der Waals surface area contributed by atoms with Gasteiger partial charge in [-0.25, -0.2) is 0 Å². The molecule has 0 aliphatic heterocycles. The number of carbonyl (C=O) groups excluding carboxylic acids is 1. The molecule has 0 aromatic heterocycles. The van der Waals surface area contributed by atoms with Crippen LogP contribution in [0.15, 0.2) is 24.3 Å². The van der Waals surface area contributed by atoms with Gasteiger partial charge in [0.25, 0.3) is 5.91 Å². The van der Waals surface area contributed by atoms with Crippen LogP contribution < -0.4 is 5.32 Å². The van der Waals surface area contributed by atoms with Crippen molar-refractivity contribution in [3.05, 3.63) is 29.8 Å². The first kappa shape index (κ1) is 16.5. The number of hydrogen-bond donors (Lipinski definition) is 6. The molecule has 20 heavy (non-hydrogen) atoms. The van der Waals surface area contributed by atoms with Crippen molar-refractivity contribution < 1.29 is 30.3 Å². The molecule has 112 valence electrons. The summed E-state index contributed by atoms with van der Waals surface area (Å²) in [5.74, 6) is -0.925. The molecule has 0 unspecified atom stereocenters. The number of benzene rings is 1. The number of amides is 1. The molecule has 0 spiro atoms. The van der Waals surface area contributed by atoms with Gasteiger partial charge in [-0.2, -0.15) is 0 Å². The summed E-state index contributed by atoms with van der Waals surface area (Å²) in [5.41, 5.74) is 1.41. The van der Waals surface area contributed by atoms with Crippen LogP contribution in [0, 0.1) is 6.92 Å². The lowest BCUT2D eigenvalue weighted by molar-refractivity contribution is -0.144. The summed E-state index contributed by atoms with van der Waals surface area (Å²) < 4.78 is 0. The van der Waals surface area contributed by atoms with Crippen molar-refractivity contribution in [1.29, 1.82) is 0 Å². The first-order chi connectivity index (χ1) is 9.36. The van der Waals surface area contributed by atoms with E-state index in [0.29, 0.717) is 5.69 Å². The van der Waals surface area contributed by atoms with Gasteiger partial charge in [-0.3, -0.25) is 4.79 Å². The third-order valence-corrected chi connectivity index (χ3v) is 2.84. The van der Waals surface area contributed by atoms with Gasteiger partial charge in [0, 0.05) is 5.69 Å². The van der Waals surface area contributed by atoms with Crippen molar-refractivity contribution in [2.75, 3.05) is 11.9 Å². The van der Waals surface area contributed by atoms with Crippen LogP contribution >= 0.6 is 0 Å². The van der Waals surface area contributed by atoms with Gasteiger partial charge in [-0.05, 0) is 19.1 Å². The minimum Gasteiger partial charge on any atom is -0.394 e. The van der Waals surface area contributed by atoms with Crippen LogP contribution in [0.25, 0.3) is 0 Å². The average Bonchev–Trinajstić information content (AvgIpc) is 2.46. The Balaban J connectivity index is 2.64. The molecule has 0 aliphatic rings. The van der Waals surface area contributed by atoms with Gasteiger partial charge in [0.2, 0.25) is 0 Å². The summed E-state index contributed by atoms with van der Waals surface area (Å²) in [4.78, 5) is 11.7. The Kier molecular flexibility index (Phi) is 6.05. The Hall–Kier alpha value is -1.51. The normalized spacial score (nSPS) is 17.1. The highest BCUT2D eigenvalue weighted by Crippen LogP contribution is 2.11. The summed E-state index contributed by atoms with van der Waals surface area (Å²) in [6.45, 7) is 1.07. The lowest BCUT2D eigenvalue weighted by Gasteiger charge is -2.24. The smallest absolute Gasteiger partial charge is 0.256 e. The molecular formula is C13H19NO6. The Morgan fingerprint density at radius 2 is 1.65 bits per heavy atom. The molecule has 0 fully saturated rings. The van der Waals surface area contributed by atoms with E-state index in [0.717, 1.165) is 5.56 Å². The maximum Gasteiger partial charge on any atom is 0.256 e. The van der Waals surface area contributed by atoms with Crippen LogP contribution in [-0.2, 0) is 4.79 Å². The lowest BCUT2D eigenvalue weighted by atomic mass is 10.0. The third-order valence-electron chi connectivity index (χ3n) is 2.84. The highest BCUT2D eigenvalue weighted by atomic mass is 16.4. The Morgan fingerprint density at radius 1 is 1.10 bits per heavy atom. The zero-order chi connectivity index (χ0) is 15.3. The summed E-state index contributed by atoms with van der Waals surface area (Å²) in [6, 6.07) is 6.74. The molecule has 1 amide bonds. The fourth-order valence-corrected chi connectivity index (χ4v) is 1.53. The van der Waals surface area contributed by atoms with Crippen LogP contribution in [-0.4, -0.2) is 62.5 Å². The Morgan fingerprint density at radius 3 is 2.15 bits per heavy atom. The molecule has 1 aromatic carbocycles. The van der Waals surface area contributed by atoms with Crippen LogP contribution in [0.2, 0.25) is 0 Å². The summed E-state index contributed by atoms with van der Waals surface area (Å²) in [6.07, 6.45) is -7.33. The molecule has 0 bridgehead atoms. The third kappa shape index (κ3) is 4.26. The number of nitrogens with one attached hydrogen (secondary N) is 1. The van der Waals surface area contributed by atoms with Gasteiger partial charge in [0.15, 0.2) is 6.10 Å². The van der Waals surface area contributed by atoms with E-state index in [1.165, 1.54) is 0 Å². The van der Waals surface area contributed by atoms with E-state index >= 15 is 0 Å². The van der Waals surface area contributed by atoms with Crippen LogP contribution in [0.3, 0.4) is 0 Å². The van der Waals surface area contributed by atoms with Gasteiger partial charge in [0.05, 0.1) is 6.61 Å². The maximum atomic E-state index is 11.7. The number of carbonyl (C=O) groups is 1. The predicted molar refractivity (Wildman–Crippen MR) is 70.9 cm³/mol. The average molecular weight is 285 g/mol. The molecule has 0 heterocycles. The Labute approximate surface area is 116 Å². The largest absolute Gasteiger partial charge is 0.394 e. The number of hydrogen-bond acceptors (Lipinski definition) is 6. The van der Waals surface area contributed by atoms with Crippen LogP contribution in [0.5, 0.6) is 0 Å². The first-order valence-electron chi connectivity index (χ1n) is 6.07. The van der Waals surface area contributed by atoms with E-state index in [-0.39, 0.29) is 0 Å². The highest BCUT2D eigenvalue weighted by Gasteiger charge is 2.34. The molecule has 0 saturated heterocycles. The number of anilines is 1. The number of rotatable bonds is 6. The van der Waals surface area contributed by atoms with E-state index < -0.39 is 36.9 Å². The fraction of sp³-hybridized carbons (Fsp3) is 0.462. The number of aliphatic hydroxyl groups excluding tert-OH is 5. The lowest BCUT2D eigenvalue weighted by Crippen LogP contribution is -2.50. The molecule has 4 atom stereocenters. The molecule has 7 heteroatoms. The molecule has 1 rings (SSSR count). The highest BCUT2D eigenvalue weighted by molar-refractivity contribution is 5.94. The van der Waals surface area contributed by atoms with Crippen molar-refractivity contribution in [3.8, 4) is 0 Å².